The van der Waals surface area contributed by atoms with E-state index in [1.54, 1.807) is 0 Å². The van der Waals surface area contributed by atoms with Gasteiger partial charge in [0, 0.05) is 32.0 Å². The smallest absolute Gasteiger partial charge is 0.247 e. The Labute approximate surface area is 104 Å². The van der Waals surface area contributed by atoms with Crippen LogP contribution in [0, 0.1) is 0 Å². The molecule has 0 bridgehead atoms. The van der Waals surface area contributed by atoms with Crippen LogP contribution < -0.4 is 0 Å². The predicted molar refractivity (Wildman–Crippen MR) is 65.2 cm³/mol. The average Bonchev–Trinajstić information content (AvgIpc) is 2.17. The number of hydrogen-bond donors (Lipinski definition) is 0. The van der Waals surface area contributed by atoms with Gasteiger partial charge in [-0.1, -0.05) is 15.9 Å². The molecule has 0 saturated carbocycles. The third-order valence-electron chi connectivity index (χ3n) is 1.98. The minimum absolute atomic E-state index is 0.0310. The molecule has 16 heavy (non-hydrogen) atoms. The van der Waals surface area contributed by atoms with E-state index in [9.17, 15) is 14.4 Å². The maximum Gasteiger partial charge on any atom is 0.247 e. The summed E-state index contributed by atoms with van der Waals surface area (Å²) in [5, 5.41) is 0. The van der Waals surface area contributed by atoms with Crippen molar-refractivity contribution in [2.24, 2.45) is 0 Å². The molecule has 0 saturated heterocycles. The number of nitrogens with zero attached hydrogens (tertiary/aromatic N) is 1. The van der Waals surface area contributed by atoms with Gasteiger partial charge in [0.25, 0.3) is 0 Å². The fourth-order valence-corrected chi connectivity index (χ4v) is 1.30. The molecule has 0 heterocycles. The number of carbonyl (C=O) groups is 3. The van der Waals surface area contributed by atoms with E-state index in [1.165, 1.54) is 29.8 Å². The Morgan fingerprint density at radius 1 is 1.06 bits per heavy atom. The van der Waals surface area contributed by atoms with E-state index >= 15 is 0 Å². The van der Waals surface area contributed by atoms with Gasteiger partial charge >= 0.3 is 0 Å². The number of hydrogen-bond acceptors (Lipinski definition) is 3. The Morgan fingerprint density at radius 2 is 1.50 bits per heavy atom. The zero-order valence-corrected chi connectivity index (χ0v) is 11.1. The lowest BCUT2D eigenvalue weighted by atomic mass is 10.2. The van der Waals surface area contributed by atoms with Gasteiger partial charge in [-0.25, -0.2) is 0 Å². The Bertz CT molecular complexity index is 282. The summed E-state index contributed by atoms with van der Waals surface area (Å²) in [6.45, 7) is 3.68. The van der Waals surface area contributed by atoms with Crippen molar-refractivity contribution in [3.05, 3.63) is 11.1 Å². The van der Waals surface area contributed by atoms with Crippen LogP contribution in [0.15, 0.2) is 11.1 Å². The van der Waals surface area contributed by atoms with Crippen LogP contribution in [0.5, 0.6) is 0 Å². The number of ketones is 2. The van der Waals surface area contributed by atoms with Crippen LogP contribution in [0.3, 0.4) is 0 Å². The second kappa shape index (κ2) is 8.21. The summed E-state index contributed by atoms with van der Waals surface area (Å²) in [7, 11) is 0. The van der Waals surface area contributed by atoms with Crippen molar-refractivity contribution in [2.45, 2.75) is 26.7 Å². The van der Waals surface area contributed by atoms with Crippen LogP contribution in [0.1, 0.15) is 26.7 Å². The summed E-state index contributed by atoms with van der Waals surface area (Å²) in [5.74, 6) is -0.133. The van der Waals surface area contributed by atoms with E-state index in [0.29, 0.717) is 25.9 Å². The molecule has 0 radical (unpaired) electrons. The Kier molecular flexibility index (Phi) is 7.72. The molecule has 0 unspecified atom stereocenters. The van der Waals surface area contributed by atoms with Gasteiger partial charge in [-0.15, -0.1) is 0 Å². The fourth-order valence-electron chi connectivity index (χ4n) is 1.08. The molecule has 0 aliphatic heterocycles. The molecule has 90 valence electrons. The third-order valence-corrected chi connectivity index (χ3v) is 2.25. The molecule has 0 fully saturated rings. The van der Waals surface area contributed by atoms with E-state index in [1.807, 2.05) is 0 Å². The Balaban J connectivity index is 4.31. The lowest BCUT2D eigenvalue weighted by Crippen LogP contribution is -2.33. The highest BCUT2D eigenvalue weighted by Gasteiger charge is 2.11. The van der Waals surface area contributed by atoms with Gasteiger partial charge in [-0.2, -0.15) is 0 Å². The molecule has 0 atom stereocenters. The largest absolute Gasteiger partial charge is 0.338 e. The van der Waals surface area contributed by atoms with Gasteiger partial charge in [0.1, 0.15) is 11.6 Å². The van der Waals surface area contributed by atoms with Crippen molar-refractivity contribution in [3.8, 4) is 0 Å². The van der Waals surface area contributed by atoms with Crippen LogP contribution in [0.2, 0.25) is 0 Å². The summed E-state index contributed by atoms with van der Waals surface area (Å²) in [5.41, 5.74) is 0. The summed E-state index contributed by atoms with van der Waals surface area (Å²) in [6.07, 6.45) is 2.00. The molecule has 5 heteroatoms. The summed E-state index contributed by atoms with van der Waals surface area (Å²) >= 11 is 3.02. The zero-order valence-electron chi connectivity index (χ0n) is 9.53. The first-order chi connectivity index (χ1) is 7.47. The molecule has 0 rings (SSSR count). The molecule has 0 aromatic heterocycles. The van der Waals surface area contributed by atoms with E-state index in [4.69, 9.17) is 0 Å². The second-order valence-electron chi connectivity index (χ2n) is 3.52. The Morgan fingerprint density at radius 3 is 1.81 bits per heavy atom. The standard InChI is InChI=1S/C11H16BrNO3/c1-9(14)4-7-13(8-5-10(2)15)11(16)3-6-12/h3,6H,4-5,7-8H2,1-2H3/b6-3+. The summed E-state index contributed by atoms with van der Waals surface area (Å²) in [6, 6.07) is 0. The first-order valence-electron chi connectivity index (χ1n) is 5.02. The molecule has 0 spiro atoms. The normalized spacial score (nSPS) is 10.4. The van der Waals surface area contributed by atoms with Crippen molar-refractivity contribution < 1.29 is 14.4 Å². The van der Waals surface area contributed by atoms with Crippen LogP contribution >= 0.6 is 15.9 Å². The van der Waals surface area contributed by atoms with Crippen molar-refractivity contribution in [2.75, 3.05) is 13.1 Å². The SMILES string of the molecule is CC(=O)CCN(CCC(C)=O)C(=O)/C=C/Br. The molecule has 0 aromatic rings. The lowest BCUT2D eigenvalue weighted by Gasteiger charge is -2.19. The third kappa shape index (κ3) is 7.34. The van der Waals surface area contributed by atoms with E-state index in [0.717, 1.165) is 0 Å². The van der Waals surface area contributed by atoms with E-state index < -0.39 is 0 Å². The van der Waals surface area contributed by atoms with Gasteiger partial charge in [-0.05, 0) is 18.8 Å². The fraction of sp³-hybridized carbons (Fsp3) is 0.545. The highest BCUT2D eigenvalue weighted by molar-refractivity contribution is 9.11. The number of rotatable bonds is 7. The maximum absolute atomic E-state index is 11.6. The average molecular weight is 290 g/mol. The van der Waals surface area contributed by atoms with Gasteiger partial charge in [0.2, 0.25) is 5.91 Å². The van der Waals surface area contributed by atoms with Crippen molar-refractivity contribution >= 4 is 33.4 Å². The van der Waals surface area contributed by atoms with Gasteiger partial charge < -0.3 is 4.90 Å². The van der Waals surface area contributed by atoms with Crippen molar-refractivity contribution in [3.63, 3.8) is 0 Å². The molecule has 0 N–H and O–H groups in total. The monoisotopic (exact) mass is 289 g/mol. The van der Waals surface area contributed by atoms with Crippen molar-refractivity contribution in [1.29, 1.82) is 0 Å². The molecule has 0 aromatic carbocycles. The molecule has 0 aliphatic rings. The number of amides is 1. The quantitative estimate of drug-likeness (QED) is 0.670. The molecule has 0 aliphatic carbocycles. The molecule has 1 amide bonds. The van der Waals surface area contributed by atoms with Crippen LogP contribution in [0.25, 0.3) is 0 Å². The first kappa shape index (κ1) is 15.0. The first-order valence-corrected chi connectivity index (χ1v) is 5.93. The lowest BCUT2D eigenvalue weighted by molar-refractivity contribution is -0.127. The second-order valence-corrected chi connectivity index (χ2v) is 4.05. The highest BCUT2D eigenvalue weighted by Crippen LogP contribution is 1.99. The van der Waals surface area contributed by atoms with Gasteiger partial charge in [0.05, 0.1) is 0 Å². The maximum atomic E-state index is 11.6. The highest BCUT2D eigenvalue weighted by atomic mass is 79.9. The van der Waals surface area contributed by atoms with E-state index in [-0.39, 0.29) is 17.5 Å². The Hall–Kier alpha value is -0.970. The molecular weight excluding hydrogens is 274 g/mol. The van der Waals surface area contributed by atoms with E-state index in [2.05, 4.69) is 15.9 Å². The predicted octanol–water partition coefficient (Wildman–Crippen LogP) is 1.68. The van der Waals surface area contributed by atoms with Gasteiger partial charge in [0.15, 0.2) is 0 Å². The van der Waals surface area contributed by atoms with Gasteiger partial charge in [-0.3, -0.25) is 14.4 Å². The summed E-state index contributed by atoms with van der Waals surface area (Å²) < 4.78 is 0. The zero-order chi connectivity index (χ0) is 12.6. The van der Waals surface area contributed by atoms with Crippen molar-refractivity contribution in [1.82, 2.24) is 4.90 Å². The summed E-state index contributed by atoms with van der Waals surface area (Å²) in [4.78, 5) is 36.2. The number of Topliss-reactive ketones (excluding diaryl/α,β-unsaturated/α-hetero) is 2. The minimum Gasteiger partial charge on any atom is -0.338 e. The van der Waals surface area contributed by atoms with Crippen LogP contribution in [0.4, 0.5) is 0 Å². The minimum atomic E-state index is -0.195. The number of halogens is 1. The molecular formula is C11H16BrNO3. The van der Waals surface area contributed by atoms with Crippen LogP contribution in [-0.2, 0) is 14.4 Å². The molecule has 4 nitrogen and oxygen atoms in total. The topological polar surface area (TPSA) is 54.5 Å². The number of carbonyl (C=O) groups excluding carboxylic acids is 3. The van der Waals surface area contributed by atoms with Crippen LogP contribution in [-0.4, -0.2) is 35.5 Å².